The van der Waals surface area contributed by atoms with Crippen molar-refractivity contribution < 1.29 is 14.3 Å². The number of likely N-dealkylation sites (N-methyl/N-ethyl adjacent to an activating group) is 1. The maximum atomic E-state index is 12.4. The summed E-state index contributed by atoms with van der Waals surface area (Å²) < 4.78 is 10.5. The number of esters is 1. The van der Waals surface area contributed by atoms with Gasteiger partial charge in [0, 0.05) is 6.54 Å². The largest absolute Gasteiger partial charge is 0.497 e. The second kappa shape index (κ2) is 9.08. The number of hydrogen-bond donors (Lipinski definition) is 0. The van der Waals surface area contributed by atoms with Crippen molar-refractivity contribution in [2.24, 2.45) is 0 Å². The zero-order valence-electron chi connectivity index (χ0n) is 14.6. The quantitative estimate of drug-likeness (QED) is 0.697. The summed E-state index contributed by atoms with van der Waals surface area (Å²) in [7, 11) is 3.60. The topological polar surface area (TPSA) is 38.8 Å². The van der Waals surface area contributed by atoms with E-state index in [2.05, 4.69) is 0 Å². The summed E-state index contributed by atoms with van der Waals surface area (Å²) in [6.07, 6.45) is 0.625. The lowest BCUT2D eigenvalue weighted by Gasteiger charge is -2.26. The third kappa shape index (κ3) is 5.10. The van der Waals surface area contributed by atoms with E-state index >= 15 is 0 Å². The molecule has 4 heteroatoms. The number of hydrogen-bond acceptors (Lipinski definition) is 4. The van der Waals surface area contributed by atoms with Crippen LogP contribution in [0.3, 0.4) is 0 Å². The maximum absolute atomic E-state index is 12.4. The molecule has 0 aromatic heterocycles. The summed E-state index contributed by atoms with van der Waals surface area (Å²) in [5, 5.41) is 0. The molecule has 0 unspecified atom stereocenters. The van der Waals surface area contributed by atoms with Gasteiger partial charge in [-0.2, -0.15) is 0 Å². The van der Waals surface area contributed by atoms with Crippen molar-refractivity contribution in [3.63, 3.8) is 0 Å². The Morgan fingerprint density at radius 1 is 1.08 bits per heavy atom. The first-order valence-electron chi connectivity index (χ1n) is 8.17. The van der Waals surface area contributed by atoms with Crippen molar-refractivity contribution in [2.45, 2.75) is 25.9 Å². The lowest BCUT2D eigenvalue weighted by Crippen LogP contribution is -2.41. The van der Waals surface area contributed by atoms with E-state index in [0.717, 1.165) is 16.9 Å². The molecule has 24 heavy (non-hydrogen) atoms. The molecule has 0 fully saturated rings. The van der Waals surface area contributed by atoms with Gasteiger partial charge < -0.3 is 9.47 Å². The molecule has 0 spiro atoms. The fourth-order valence-electron chi connectivity index (χ4n) is 2.66. The van der Waals surface area contributed by atoms with E-state index in [9.17, 15) is 4.79 Å². The minimum absolute atomic E-state index is 0.188. The number of benzene rings is 2. The third-order valence-electron chi connectivity index (χ3n) is 3.93. The standard InChI is InChI=1S/C20H25NO3/c1-4-24-20(22)19(14-16-9-6-5-7-10-16)21(2)15-17-11-8-12-18(13-17)23-3/h5-13,19H,4,14-15H2,1-3H3/t19-/m1/s1. The highest BCUT2D eigenvalue weighted by Gasteiger charge is 2.25. The van der Waals surface area contributed by atoms with E-state index in [4.69, 9.17) is 9.47 Å². The Balaban J connectivity index is 2.13. The van der Waals surface area contributed by atoms with E-state index in [0.29, 0.717) is 19.6 Å². The summed E-state index contributed by atoms with van der Waals surface area (Å²) in [5.41, 5.74) is 2.22. The van der Waals surface area contributed by atoms with Crippen LogP contribution in [-0.4, -0.2) is 37.7 Å². The van der Waals surface area contributed by atoms with E-state index in [1.165, 1.54) is 0 Å². The lowest BCUT2D eigenvalue weighted by molar-refractivity contribution is -0.149. The van der Waals surface area contributed by atoms with Crippen LogP contribution in [0, 0.1) is 0 Å². The van der Waals surface area contributed by atoms with Crippen LogP contribution < -0.4 is 4.74 Å². The molecule has 0 saturated heterocycles. The van der Waals surface area contributed by atoms with Gasteiger partial charge in [0.05, 0.1) is 13.7 Å². The molecule has 4 nitrogen and oxygen atoms in total. The van der Waals surface area contributed by atoms with Crippen LogP contribution in [0.1, 0.15) is 18.1 Å². The van der Waals surface area contributed by atoms with Crippen LogP contribution >= 0.6 is 0 Å². The monoisotopic (exact) mass is 327 g/mol. The van der Waals surface area contributed by atoms with Gasteiger partial charge in [-0.3, -0.25) is 9.69 Å². The van der Waals surface area contributed by atoms with Crippen LogP contribution in [0.25, 0.3) is 0 Å². The molecule has 2 aromatic rings. The van der Waals surface area contributed by atoms with Crippen LogP contribution in [-0.2, 0) is 22.5 Å². The van der Waals surface area contributed by atoms with Gasteiger partial charge in [-0.05, 0) is 43.7 Å². The molecule has 2 aromatic carbocycles. The summed E-state index contributed by atoms with van der Waals surface area (Å²) >= 11 is 0. The number of methoxy groups -OCH3 is 1. The molecular weight excluding hydrogens is 302 g/mol. The Hall–Kier alpha value is -2.33. The first-order chi connectivity index (χ1) is 11.6. The van der Waals surface area contributed by atoms with Crippen LogP contribution in [0.5, 0.6) is 5.75 Å². The van der Waals surface area contributed by atoms with Crippen molar-refractivity contribution in [2.75, 3.05) is 20.8 Å². The average molecular weight is 327 g/mol. The zero-order valence-corrected chi connectivity index (χ0v) is 14.6. The highest BCUT2D eigenvalue weighted by atomic mass is 16.5. The predicted octanol–water partition coefficient (Wildman–Crippen LogP) is 3.30. The van der Waals surface area contributed by atoms with Gasteiger partial charge in [-0.25, -0.2) is 0 Å². The first kappa shape index (κ1) is 18.0. The first-order valence-corrected chi connectivity index (χ1v) is 8.17. The normalized spacial score (nSPS) is 12.0. The molecule has 0 N–H and O–H groups in total. The smallest absolute Gasteiger partial charge is 0.323 e. The molecule has 0 aliphatic heterocycles. The Morgan fingerprint density at radius 2 is 1.79 bits per heavy atom. The Morgan fingerprint density at radius 3 is 2.46 bits per heavy atom. The highest BCUT2D eigenvalue weighted by Crippen LogP contribution is 2.17. The highest BCUT2D eigenvalue weighted by molar-refractivity contribution is 5.76. The van der Waals surface area contributed by atoms with Crippen LogP contribution in [0.2, 0.25) is 0 Å². The Kier molecular flexibility index (Phi) is 6.82. The fraction of sp³-hybridized carbons (Fsp3) is 0.350. The summed E-state index contributed by atoms with van der Waals surface area (Å²) in [6.45, 7) is 2.87. The molecular formula is C20H25NO3. The van der Waals surface area contributed by atoms with E-state index in [-0.39, 0.29) is 12.0 Å². The van der Waals surface area contributed by atoms with Gasteiger partial charge in [0.25, 0.3) is 0 Å². The molecule has 0 aliphatic rings. The van der Waals surface area contributed by atoms with Crippen molar-refractivity contribution in [1.82, 2.24) is 4.90 Å². The number of carbonyl (C=O) groups excluding carboxylic acids is 1. The summed E-state index contributed by atoms with van der Waals surface area (Å²) in [5.74, 6) is 0.628. The molecule has 0 heterocycles. The SMILES string of the molecule is CCOC(=O)[C@@H](Cc1ccccc1)N(C)Cc1cccc(OC)c1. The maximum Gasteiger partial charge on any atom is 0.323 e. The third-order valence-corrected chi connectivity index (χ3v) is 3.93. The van der Waals surface area contributed by atoms with Crippen LogP contribution in [0.4, 0.5) is 0 Å². The molecule has 2 rings (SSSR count). The van der Waals surface area contributed by atoms with E-state index in [1.807, 2.05) is 73.5 Å². The molecule has 0 aliphatic carbocycles. The van der Waals surface area contributed by atoms with Crippen molar-refractivity contribution in [1.29, 1.82) is 0 Å². The van der Waals surface area contributed by atoms with Gasteiger partial charge in [-0.15, -0.1) is 0 Å². The molecule has 0 bridgehead atoms. The molecule has 0 radical (unpaired) electrons. The number of rotatable bonds is 8. The fourth-order valence-corrected chi connectivity index (χ4v) is 2.66. The molecule has 0 saturated carbocycles. The molecule has 0 amide bonds. The van der Waals surface area contributed by atoms with Crippen molar-refractivity contribution in [3.8, 4) is 5.75 Å². The Bertz CT molecular complexity index is 642. The minimum atomic E-state index is -0.321. The second-order valence-electron chi connectivity index (χ2n) is 5.72. The Labute approximate surface area is 144 Å². The van der Waals surface area contributed by atoms with Gasteiger partial charge in [0.1, 0.15) is 11.8 Å². The number of carbonyl (C=O) groups is 1. The average Bonchev–Trinajstić information content (AvgIpc) is 2.60. The molecule has 1 atom stereocenters. The second-order valence-corrected chi connectivity index (χ2v) is 5.72. The summed E-state index contributed by atoms with van der Waals surface area (Å²) in [4.78, 5) is 14.4. The number of ether oxygens (including phenoxy) is 2. The zero-order chi connectivity index (χ0) is 17.4. The van der Waals surface area contributed by atoms with E-state index < -0.39 is 0 Å². The number of nitrogens with zero attached hydrogens (tertiary/aromatic N) is 1. The lowest BCUT2D eigenvalue weighted by atomic mass is 10.0. The van der Waals surface area contributed by atoms with Gasteiger partial charge in [-0.1, -0.05) is 42.5 Å². The van der Waals surface area contributed by atoms with Crippen molar-refractivity contribution >= 4 is 5.97 Å². The van der Waals surface area contributed by atoms with Crippen LogP contribution in [0.15, 0.2) is 54.6 Å². The van der Waals surface area contributed by atoms with Gasteiger partial charge >= 0.3 is 5.97 Å². The molecule has 128 valence electrons. The van der Waals surface area contributed by atoms with E-state index in [1.54, 1.807) is 7.11 Å². The van der Waals surface area contributed by atoms with Gasteiger partial charge in [0.2, 0.25) is 0 Å². The predicted molar refractivity (Wildman–Crippen MR) is 95.0 cm³/mol. The minimum Gasteiger partial charge on any atom is -0.497 e. The summed E-state index contributed by atoms with van der Waals surface area (Å²) in [6, 6.07) is 17.6. The van der Waals surface area contributed by atoms with Crippen molar-refractivity contribution in [3.05, 3.63) is 65.7 Å². The van der Waals surface area contributed by atoms with Gasteiger partial charge in [0.15, 0.2) is 0 Å².